The predicted molar refractivity (Wildman–Crippen MR) is 104 cm³/mol. The molecule has 3 heterocycles. The van der Waals surface area contributed by atoms with Crippen molar-refractivity contribution < 1.29 is 13.2 Å². The van der Waals surface area contributed by atoms with Gasteiger partial charge in [0.1, 0.15) is 4.90 Å². The highest BCUT2D eigenvalue weighted by atomic mass is 32.2. The SMILES string of the molecule is CCn1cc(CNC(=O)C2CCCN(S(=O)(=O)c3cnn(C)c3C)C2)c(C)n1. The van der Waals surface area contributed by atoms with E-state index in [1.807, 2.05) is 24.7 Å². The van der Waals surface area contributed by atoms with Crippen LogP contribution < -0.4 is 5.32 Å². The molecule has 1 amide bonds. The molecule has 9 nitrogen and oxygen atoms in total. The number of hydrogen-bond acceptors (Lipinski definition) is 5. The van der Waals surface area contributed by atoms with Crippen molar-refractivity contribution in [2.45, 2.75) is 51.6 Å². The number of nitrogens with one attached hydrogen (secondary N) is 1. The van der Waals surface area contributed by atoms with Gasteiger partial charge >= 0.3 is 0 Å². The quantitative estimate of drug-likeness (QED) is 0.767. The number of nitrogens with zero attached hydrogens (tertiary/aromatic N) is 5. The number of carbonyl (C=O) groups excluding carboxylic acids is 1. The van der Waals surface area contributed by atoms with Crippen molar-refractivity contribution in [3.8, 4) is 0 Å². The van der Waals surface area contributed by atoms with E-state index >= 15 is 0 Å². The topological polar surface area (TPSA) is 102 Å². The first-order valence-electron chi connectivity index (χ1n) is 9.53. The second-order valence-corrected chi connectivity index (χ2v) is 9.14. The van der Waals surface area contributed by atoms with Crippen LogP contribution in [0.5, 0.6) is 0 Å². The van der Waals surface area contributed by atoms with Crippen LogP contribution >= 0.6 is 0 Å². The molecule has 1 saturated heterocycles. The zero-order chi connectivity index (χ0) is 20.5. The lowest BCUT2D eigenvalue weighted by molar-refractivity contribution is -0.126. The molecule has 0 aliphatic carbocycles. The van der Waals surface area contributed by atoms with Gasteiger partial charge in [-0.05, 0) is 33.6 Å². The molecule has 0 radical (unpaired) electrons. The molecular formula is C18H28N6O3S. The molecule has 0 saturated carbocycles. The Kier molecular flexibility index (Phi) is 5.90. The fourth-order valence-corrected chi connectivity index (χ4v) is 5.18. The highest BCUT2D eigenvalue weighted by Crippen LogP contribution is 2.25. The number of sulfonamides is 1. The molecule has 1 atom stereocenters. The van der Waals surface area contributed by atoms with Crippen molar-refractivity contribution in [3.05, 3.63) is 29.3 Å². The van der Waals surface area contributed by atoms with Gasteiger partial charge in [0.15, 0.2) is 0 Å². The molecule has 1 N–H and O–H groups in total. The van der Waals surface area contributed by atoms with Crippen LogP contribution in [-0.4, -0.2) is 51.3 Å². The maximum atomic E-state index is 13.0. The van der Waals surface area contributed by atoms with E-state index in [1.165, 1.54) is 10.5 Å². The van der Waals surface area contributed by atoms with E-state index in [9.17, 15) is 13.2 Å². The van der Waals surface area contributed by atoms with Crippen molar-refractivity contribution in [3.63, 3.8) is 0 Å². The van der Waals surface area contributed by atoms with Crippen LogP contribution in [-0.2, 0) is 35.0 Å². The predicted octanol–water partition coefficient (Wildman–Crippen LogP) is 0.970. The Bertz CT molecular complexity index is 962. The lowest BCUT2D eigenvalue weighted by Gasteiger charge is -2.31. The first kappa shape index (κ1) is 20.5. The molecule has 1 unspecified atom stereocenters. The minimum absolute atomic E-state index is 0.119. The summed E-state index contributed by atoms with van der Waals surface area (Å²) in [6.07, 6.45) is 4.64. The molecule has 28 heavy (non-hydrogen) atoms. The average Bonchev–Trinajstić information content (AvgIpc) is 3.22. The van der Waals surface area contributed by atoms with Gasteiger partial charge in [0.2, 0.25) is 15.9 Å². The lowest BCUT2D eigenvalue weighted by Crippen LogP contribution is -2.45. The van der Waals surface area contributed by atoms with Gasteiger partial charge < -0.3 is 5.32 Å². The van der Waals surface area contributed by atoms with E-state index in [4.69, 9.17) is 0 Å². The maximum Gasteiger partial charge on any atom is 0.246 e. The zero-order valence-corrected chi connectivity index (χ0v) is 17.7. The third kappa shape index (κ3) is 3.97. The second kappa shape index (κ2) is 8.04. The van der Waals surface area contributed by atoms with E-state index in [0.717, 1.165) is 17.8 Å². The van der Waals surface area contributed by atoms with E-state index in [1.54, 1.807) is 18.7 Å². The van der Waals surface area contributed by atoms with Crippen LogP contribution in [0, 0.1) is 19.8 Å². The normalized spacial score (nSPS) is 18.4. The van der Waals surface area contributed by atoms with Gasteiger partial charge in [-0.15, -0.1) is 0 Å². The van der Waals surface area contributed by atoms with Crippen molar-refractivity contribution in [2.75, 3.05) is 13.1 Å². The minimum Gasteiger partial charge on any atom is -0.352 e. The molecule has 154 valence electrons. The molecule has 1 fully saturated rings. The summed E-state index contributed by atoms with van der Waals surface area (Å²) in [7, 11) is -1.94. The molecule has 1 aliphatic heterocycles. The monoisotopic (exact) mass is 408 g/mol. The van der Waals surface area contributed by atoms with E-state index < -0.39 is 10.0 Å². The Morgan fingerprint density at radius 3 is 2.71 bits per heavy atom. The number of aryl methyl sites for hydroxylation is 3. The van der Waals surface area contributed by atoms with Crippen molar-refractivity contribution >= 4 is 15.9 Å². The Balaban J connectivity index is 1.66. The van der Waals surface area contributed by atoms with Crippen LogP contribution in [0.2, 0.25) is 0 Å². The van der Waals surface area contributed by atoms with Crippen LogP contribution in [0.15, 0.2) is 17.3 Å². The first-order chi connectivity index (χ1) is 13.2. The third-order valence-electron chi connectivity index (χ3n) is 5.39. The number of rotatable bonds is 6. The molecule has 0 aromatic carbocycles. The van der Waals surface area contributed by atoms with E-state index in [-0.39, 0.29) is 23.3 Å². The van der Waals surface area contributed by atoms with Crippen molar-refractivity contribution in [2.24, 2.45) is 13.0 Å². The van der Waals surface area contributed by atoms with E-state index in [0.29, 0.717) is 31.6 Å². The Labute approximate surface area is 165 Å². The molecule has 2 aromatic heterocycles. The smallest absolute Gasteiger partial charge is 0.246 e. The maximum absolute atomic E-state index is 13.0. The summed E-state index contributed by atoms with van der Waals surface area (Å²) in [6, 6.07) is 0. The van der Waals surface area contributed by atoms with Crippen molar-refractivity contribution in [1.29, 1.82) is 0 Å². The second-order valence-electron chi connectivity index (χ2n) is 7.23. The summed E-state index contributed by atoms with van der Waals surface area (Å²) in [5, 5.41) is 11.4. The highest BCUT2D eigenvalue weighted by molar-refractivity contribution is 7.89. The van der Waals surface area contributed by atoms with Gasteiger partial charge in [-0.1, -0.05) is 0 Å². The minimum atomic E-state index is -3.66. The van der Waals surface area contributed by atoms with Gasteiger partial charge in [-0.3, -0.25) is 14.2 Å². The summed E-state index contributed by atoms with van der Waals surface area (Å²) in [4.78, 5) is 12.9. The number of hydrogen-bond donors (Lipinski definition) is 1. The van der Waals surface area contributed by atoms with Gasteiger partial charge in [-0.25, -0.2) is 8.42 Å². The number of piperidine rings is 1. The summed E-state index contributed by atoms with van der Waals surface area (Å²) < 4.78 is 30.7. The van der Waals surface area contributed by atoms with Gasteiger partial charge in [0, 0.05) is 45.0 Å². The first-order valence-corrected chi connectivity index (χ1v) is 11.0. The largest absolute Gasteiger partial charge is 0.352 e. The number of carbonyl (C=O) groups is 1. The van der Waals surface area contributed by atoms with Gasteiger partial charge in [0.05, 0.1) is 23.5 Å². The molecule has 0 spiro atoms. The molecule has 1 aliphatic rings. The molecule has 0 bridgehead atoms. The Morgan fingerprint density at radius 1 is 1.36 bits per heavy atom. The van der Waals surface area contributed by atoms with Crippen LogP contribution in [0.25, 0.3) is 0 Å². The van der Waals surface area contributed by atoms with E-state index in [2.05, 4.69) is 15.5 Å². The number of amides is 1. The van der Waals surface area contributed by atoms with Crippen LogP contribution in [0.3, 0.4) is 0 Å². The average molecular weight is 409 g/mol. The Morgan fingerprint density at radius 2 is 2.11 bits per heavy atom. The van der Waals surface area contributed by atoms with Gasteiger partial charge in [-0.2, -0.15) is 14.5 Å². The molecule has 10 heteroatoms. The summed E-state index contributed by atoms with van der Waals surface area (Å²) in [5.41, 5.74) is 2.46. The van der Waals surface area contributed by atoms with Crippen LogP contribution in [0.4, 0.5) is 0 Å². The molecule has 3 rings (SSSR count). The lowest BCUT2D eigenvalue weighted by atomic mass is 9.99. The summed E-state index contributed by atoms with van der Waals surface area (Å²) in [5.74, 6) is -0.478. The Hall–Kier alpha value is -2.20. The van der Waals surface area contributed by atoms with Gasteiger partial charge in [0.25, 0.3) is 0 Å². The summed E-state index contributed by atoms with van der Waals surface area (Å²) in [6.45, 7) is 7.44. The van der Waals surface area contributed by atoms with Crippen molar-refractivity contribution in [1.82, 2.24) is 29.2 Å². The fraction of sp³-hybridized carbons (Fsp3) is 0.611. The number of aromatic nitrogens is 4. The molecule has 2 aromatic rings. The highest BCUT2D eigenvalue weighted by Gasteiger charge is 2.34. The molecular weight excluding hydrogens is 380 g/mol. The van der Waals surface area contributed by atoms with Crippen LogP contribution in [0.1, 0.15) is 36.7 Å². The third-order valence-corrected chi connectivity index (χ3v) is 7.36. The fourth-order valence-electron chi connectivity index (χ4n) is 3.47. The summed E-state index contributed by atoms with van der Waals surface area (Å²) >= 11 is 0. The standard InChI is InChI=1S/C18H28N6O3S/c1-5-23-11-16(13(2)21-23)9-19-18(25)15-7-6-8-24(12-15)28(26,27)17-10-20-22(4)14(17)3/h10-11,15H,5-9,12H2,1-4H3,(H,19,25). The zero-order valence-electron chi connectivity index (χ0n) is 16.8.